The summed E-state index contributed by atoms with van der Waals surface area (Å²) in [6, 6.07) is 15.0. The third-order valence-corrected chi connectivity index (χ3v) is 4.56. The molecule has 0 bridgehead atoms. The molecule has 0 spiro atoms. The van der Waals surface area contributed by atoms with Gasteiger partial charge >= 0.3 is 5.97 Å². The number of aryl methyl sites for hydroxylation is 1. The van der Waals surface area contributed by atoms with E-state index in [9.17, 15) is 4.79 Å². The molecule has 0 saturated heterocycles. The first-order valence-electron chi connectivity index (χ1n) is 7.93. The van der Waals surface area contributed by atoms with Gasteiger partial charge in [0, 0.05) is 21.7 Å². The van der Waals surface area contributed by atoms with Crippen LogP contribution in [0, 0.1) is 6.92 Å². The van der Waals surface area contributed by atoms with E-state index in [2.05, 4.69) is 4.98 Å². The molecule has 1 aromatic heterocycles. The standard InChI is InChI=1S/C20H16Cl2N2O2/c1-13-23-20(14-5-3-2-4-6-14)18(9-10-19(25)26)24(13)12-15-7-8-16(21)11-17(15)22/h2-11H,12H2,1H3,(H,25,26). The van der Waals surface area contributed by atoms with Crippen molar-refractivity contribution in [2.75, 3.05) is 0 Å². The number of hydrogen-bond acceptors (Lipinski definition) is 2. The zero-order valence-electron chi connectivity index (χ0n) is 14.0. The van der Waals surface area contributed by atoms with E-state index >= 15 is 0 Å². The minimum Gasteiger partial charge on any atom is -0.478 e. The largest absolute Gasteiger partial charge is 0.478 e. The fourth-order valence-electron chi connectivity index (χ4n) is 2.73. The van der Waals surface area contributed by atoms with E-state index in [-0.39, 0.29) is 0 Å². The van der Waals surface area contributed by atoms with Crippen LogP contribution in [0.3, 0.4) is 0 Å². The highest BCUT2D eigenvalue weighted by Crippen LogP contribution is 2.28. The van der Waals surface area contributed by atoms with E-state index in [4.69, 9.17) is 28.3 Å². The van der Waals surface area contributed by atoms with Gasteiger partial charge < -0.3 is 9.67 Å². The number of aliphatic carboxylic acids is 1. The molecule has 1 heterocycles. The molecule has 0 amide bonds. The molecule has 0 aliphatic rings. The Hall–Kier alpha value is -2.56. The minimum absolute atomic E-state index is 0.459. The summed E-state index contributed by atoms with van der Waals surface area (Å²) in [4.78, 5) is 15.7. The van der Waals surface area contributed by atoms with Gasteiger partial charge in [-0.1, -0.05) is 59.6 Å². The first-order valence-corrected chi connectivity index (χ1v) is 8.69. The van der Waals surface area contributed by atoms with Crippen molar-refractivity contribution in [3.63, 3.8) is 0 Å². The SMILES string of the molecule is Cc1nc(-c2ccccc2)c(C=CC(=O)O)n1Cc1ccc(Cl)cc1Cl. The molecule has 6 heteroatoms. The third-order valence-electron chi connectivity index (χ3n) is 3.97. The van der Waals surface area contributed by atoms with Crippen LogP contribution in [-0.2, 0) is 11.3 Å². The molecule has 4 nitrogen and oxygen atoms in total. The van der Waals surface area contributed by atoms with Crippen molar-refractivity contribution in [1.29, 1.82) is 0 Å². The van der Waals surface area contributed by atoms with Gasteiger partial charge in [0.15, 0.2) is 0 Å². The van der Waals surface area contributed by atoms with Crippen LogP contribution in [0.4, 0.5) is 0 Å². The normalized spacial score (nSPS) is 11.2. The average Bonchev–Trinajstić information content (AvgIpc) is 2.92. The molecule has 3 aromatic rings. The van der Waals surface area contributed by atoms with Crippen molar-refractivity contribution in [2.24, 2.45) is 0 Å². The highest BCUT2D eigenvalue weighted by atomic mass is 35.5. The van der Waals surface area contributed by atoms with Crippen LogP contribution >= 0.6 is 23.2 Å². The van der Waals surface area contributed by atoms with Crippen LogP contribution in [0.25, 0.3) is 17.3 Å². The molecule has 26 heavy (non-hydrogen) atoms. The quantitative estimate of drug-likeness (QED) is 0.604. The van der Waals surface area contributed by atoms with Crippen molar-refractivity contribution in [3.05, 3.63) is 81.7 Å². The molecular weight excluding hydrogens is 371 g/mol. The summed E-state index contributed by atoms with van der Waals surface area (Å²) >= 11 is 12.3. The highest BCUT2D eigenvalue weighted by Gasteiger charge is 2.16. The number of imidazole rings is 1. The number of rotatable bonds is 5. The van der Waals surface area contributed by atoms with E-state index in [1.165, 1.54) is 0 Å². The summed E-state index contributed by atoms with van der Waals surface area (Å²) in [5, 5.41) is 10.2. The van der Waals surface area contributed by atoms with Gasteiger partial charge in [0.05, 0.1) is 17.9 Å². The summed E-state index contributed by atoms with van der Waals surface area (Å²) < 4.78 is 1.94. The van der Waals surface area contributed by atoms with Crippen molar-refractivity contribution in [1.82, 2.24) is 9.55 Å². The molecule has 3 rings (SSSR count). The lowest BCUT2D eigenvalue weighted by Gasteiger charge is -2.11. The monoisotopic (exact) mass is 386 g/mol. The van der Waals surface area contributed by atoms with E-state index in [1.54, 1.807) is 18.2 Å². The number of nitrogens with zero attached hydrogens (tertiary/aromatic N) is 2. The summed E-state index contributed by atoms with van der Waals surface area (Å²) in [7, 11) is 0. The van der Waals surface area contributed by atoms with Crippen LogP contribution in [-0.4, -0.2) is 20.6 Å². The van der Waals surface area contributed by atoms with Gasteiger partial charge in [-0.15, -0.1) is 0 Å². The lowest BCUT2D eigenvalue weighted by molar-refractivity contribution is -0.131. The van der Waals surface area contributed by atoms with Crippen LogP contribution in [0.1, 0.15) is 17.1 Å². The van der Waals surface area contributed by atoms with Crippen molar-refractivity contribution in [3.8, 4) is 11.3 Å². The molecule has 1 N–H and O–H groups in total. The van der Waals surface area contributed by atoms with Gasteiger partial charge in [-0.3, -0.25) is 0 Å². The van der Waals surface area contributed by atoms with Gasteiger partial charge in [-0.2, -0.15) is 0 Å². The van der Waals surface area contributed by atoms with E-state index in [0.717, 1.165) is 28.7 Å². The predicted octanol–water partition coefficient (Wildman–Crippen LogP) is 5.31. The number of halogens is 2. The zero-order chi connectivity index (χ0) is 18.7. The van der Waals surface area contributed by atoms with E-state index < -0.39 is 5.97 Å². The van der Waals surface area contributed by atoms with Crippen LogP contribution < -0.4 is 0 Å². The summed E-state index contributed by atoms with van der Waals surface area (Å²) in [5.74, 6) is -0.251. The average molecular weight is 387 g/mol. The fourth-order valence-corrected chi connectivity index (χ4v) is 3.20. The summed E-state index contributed by atoms with van der Waals surface area (Å²) in [6.45, 7) is 2.34. The van der Waals surface area contributed by atoms with E-state index in [0.29, 0.717) is 22.3 Å². The Labute approximate surface area is 161 Å². The second kappa shape index (κ2) is 7.77. The molecule has 0 saturated carbocycles. The number of carbonyl (C=O) groups is 1. The molecule has 2 aromatic carbocycles. The topological polar surface area (TPSA) is 55.1 Å². The van der Waals surface area contributed by atoms with Gasteiger partial charge in [0.2, 0.25) is 0 Å². The summed E-state index contributed by atoms with van der Waals surface area (Å²) in [6.07, 6.45) is 2.68. The maximum atomic E-state index is 11.0. The van der Waals surface area contributed by atoms with Crippen molar-refractivity contribution < 1.29 is 9.90 Å². The molecule has 0 radical (unpaired) electrons. The van der Waals surface area contributed by atoms with E-state index in [1.807, 2.05) is 47.9 Å². The number of aromatic nitrogens is 2. The lowest BCUT2D eigenvalue weighted by Crippen LogP contribution is -2.05. The Bertz CT molecular complexity index is 979. The maximum absolute atomic E-state index is 11.0. The Morgan fingerprint density at radius 2 is 1.92 bits per heavy atom. The smallest absolute Gasteiger partial charge is 0.328 e. The van der Waals surface area contributed by atoms with Crippen LogP contribution in [0.15, 0.2) is 54.6 Å². The highest BCUT2D eigenvalue weighted by molar-refractivity contribution is 6.35. The molecule has 0 atom stereocenters. The summed E-state index contributed by atoms with van der Waals surface area (Å²) in [5.41, 5.74) is 3.23. The number of hydrogen-bond donors (Lipinski definition) is 1. The van der Waals surface area contributed by atoms with Gasteiger partial charge in [-0.05, 0) is 30.7 Å². The molecule has 0 aliphatic carbocycles. The van der Waals surface area contributed by atoms with Gasteiger partial charge in [0.25, 0.3) is 0 Å². The Balaban J connectivity index is 2.12. The maximum Gasteiger partial charge on any atom is 0.328 e. The van der Waals surface area contributed by atoms with Crippen LogP contribution in [0.2, 0.25) is 10.0 Å². The van der Waals surface area contributed by atoms with Gasteiger partial charge in [-0.25, -0.2) is 9.78 Å². The second-order valence-electron chi connectivity index (χ2n) is 5.75. The Kier molecular flexibility index (Phi) is 5.45. The first-order chi connectivity index (χ1) is 12.5. The third kappa shape index (κ3) is 3.98. The Morgan fingerprint density at radius 3 is 2.58 bits per heavy atom. The number of carboxylic acids is 1. The van der Waals surface area contributed by atoms with Gasteiger partial charge in [0.1, 0.15) is 5.82 Å². The molecule has 0 unspecified atom stereocenters. The Morgan fingerprint density at radius 1 is 1.19 bits per heavy atom. The van der Waals surface area contributed by atoms with Crippen LogP contribution in [0.5, 0.6) is 0 Å². The van der Waals surface area contributed by atoms with Crippen molar-refractivity contribution >= 4 is 35.2 Å². The molecule has 132 valence electrons. The minimum atomic E-state index is -1.01. The lowest BCUT2D eigenvalue weighted by atomic mass is 10.1. The molecule has 0 fully saturated rings. The predicted molar refractivity (Wildman–Crippen MR) is 105 cm³/mol. The zero-order valence-corrected chi connectivity index (χ0v) is 15.5. The first kappa shape index (κ1) is 18.2. The molecular formula is C20H16Cl2N2O2. The van der Waals surface area contributed by atoms with Crippen molar-refractivity contribution in [2.45, 2.75) is 13.5 Å². The fraction of sp³-hybridized carbons (Fsp3) is 0.100. The molecule has 0 aliphatic heterocycles. The second-order valence-corrected chi connectivity index (χ2v) is 6.60. The number of carboxylic acid groups (broad SMARTS) is 1. The number of benzene rings is 2.